The van der Waals surface area contributed by atoms with Gasteiger partial charge in [-0.2, -0.15) is 0 Å². The topological polar surface area (TPSA) is 78.9 Å². The summed E-state index contributed by atoms with van der Waals surface area (Å²) in [5.74, 6) is -0.0170. The van der Waals surface area contributed by atoms with Gasteiger partial charge in [-0.05, 0) is 49.6 Å². The van der Waals surface area contributed by atoms with E-state index in [9.17, 15) is 14.7 Å². The average Bonchev–Trinajstić information content (AvgIpc) is 2.93. The van der Waals surface area contributed by atoms with Crippen LogP contribution in [0, 0.1) is 6.92 Å². The normalized spacial score (nSPS) is 15.0. The highest BCUT2D eigenvalue weighted by molar-refractivity contribution is 6.13. The van der Waals surface area contributed by atoms with Crippen molar-refractivity contribution in [3.8, 4) is 11.5 Å². The van der Waals surface area contributed by atoms with Crippen molar-refractivity contribution in [1.29, 1.82) is 0 Å². The number of phenols is 1. The van der Waals surface area contributed by atoms with E-state index in [-0.39, 0.29) is 18.0 Å². The third-order valence-electron chi connectivity index (χ3n) is 4.54. The summed E-state index contributed by atoms with van der Waals surface area (Å²) >= 11 is 0. The summed E-state index contributed by atoms with van der Waals surface area (Å²) < 4.78 is 5.49. The number of nitrogens with zero attached hydrogens (tertiary/aromatic N) is 1. The molecule has 3 rings (SSSR count). The second-order valence-corrected chi connectivity index (χ2v) is 6.82. The fourth-order valence-corrected chi connectivity index (χ4v) is 3.22. The van der Waals surface area contributed by atoms with Gasteiger partial charge in [0, 0.05) is 5.56 Å². The molecule has 1 heterocycles. The third kappa shape index (κ3) is 4.48. The number of carbonyl (C=O) groups excluding carboxylic acids is 2. The standard InChI is InChI=1S/C23H24N2O4/c1-4-7-18-11-17(13-20(21(18)26)29-5-2)12-19-22(27)25(23(28)24-19)14-16-9-6-8-15(3)10-16/h4,6,8-13,26H,1,5,7,14H2,2-3H3,(H,24,28)/b19-12+. The monoisotopic (exact) mass is 392 g/mol. The highest BCUT2D eigenvalue weighted by atomic mass is 16.5. The Morgan fingerprint density at radius 2 is 2.03 bits per heavy atom. The number of rotatable bonds is 7. The van der Waals surface area contributed by atoms with E-state index in [1.54, 1.807) is 24.3 Å². The molecule has 0 spiro atoms. The van der Waals surface area contributed by atoms with Crippen LogP contribution >= 0.6 is 0 Å². The number of aromatic hydroxyl groups is 1. The summed E-state index contributed by atoms with van der Waals surface area (Å²) in [6.45, 7) is 8.07. The Morgan fingerprint density at radius 3 is 2.72 bits per heavy atom. The van der Waals surface area contributed by atoms with Crippen molar-refractivity contribution in [3.05, 3.63) is 77.0 Å². The number of hydrogen-bond donors (Lipinski definition) is 2. The quantitative estimate of drug-likeness (QED) is 0.425. The maximum absolute atomic E-state index is 12.8. The van der Waals surface area contributed by atoms with E-state index in [1.807, 2.05) is 38.1 Å². The number of urea groups is 1. The van der Waals surface area contributed by atoms with E-state index in [2.05, 4.69) is 11.9 Å². The summed E-state index contributed by atoms with van der Waals surface area (Å²) in [6.07, 6.45) is 3.71. The maximum Gasteiger partial charge on any atom is 0.329 e. The van der Waals surface area contributed by atoms with Crippen molar-refractivity contribution >= 4 is 18.0 Å². The highest BCUT2D eigenvalue weighted by Gasteiger charge is 2.33. The maximum atomic E-state index is 12.8. The predicted molar refractivity (Wildman–Crippen MR) is 111 cm³/mol. The van der Waals surface area contributed by atoms with Crippen molar-refractivity contribution < 1.29 is 19.4 Å². The summed E-state index contributed by atoms with van der Waals surface area (Å²) in [5, 5.41) is 13.0. The van der Waals surface area contributed by atoms with Crippen LogP contribution in [-0.4, -0.2) is 28.6 Å². The second kappa shape index (κ2) is 8.65. The Kier molecular flexibility index (Phi) is 6.02. The van der Waals surface area contributed by atoms with Crippen molar-refractivity contribution in [2.75, 3.05) is 6.61 Å². The molecule has 0 unspecified atom stereocenters. The van der Waals surface area contributed by atoms with Gasteiger partial charge in [0.25, 0.3) is 5.91 Å². The lowest BCUT2D eigenvalue weighted by atomic mass is 10.0. The summed E-state index contributed by atoms with van der Waals surface area (Å²) in [4.78, 5) is 26.3. The Morgan fingerprint density at radius 1 is 1.24 bits per heavy atom. The Bertz CT molecular complexity index is 994. The second-order valence-electron chi connectivity index (χ2n) is 6.82. The molecule has 2 aromatic carbocycles. The van der Waals surface area contributed by atoms with Crippen LogP contribution in [0.1, 0.15) is 29.2 Å². The van der Waals surface area contributed by atoms with Gasteiger partial charge in [0.15, 0.2) is 11.5 Å². The molecule has 2 N–H and O–H groups in total. The Hall–Kier alpha value is -3.54. The van der Waals surface area contributed by atoms with Gasteiger partial charge >= 0.3 is 6.03 Å². The van der Waals surface area contributed by atoms with Crippen LogP contribution in [0.2, 0.25) is 0 Å². The van der Waals surface area contributed by atoms with E-state index >= 15 is 0 Å². The van der Waals surface area contributed by atoms with Crippen LogP contribution in [0.15, 0.2) is 54.8 Å². The first-order valence-electron chi connectivity index (χ1n) is 9.42. The smallest absolute Gasteiger partial charge is 0.329 e. The molecule has 29 heavy (non-hydrogen) atoms. The average molecular weight is 392 g/mol. The minimum atomic E-state index is -0.460. The lowest BCUT2D eigenvalue weighted by Gasteiger charge is -2.12. The fraction of sp³-hybridized carbons (Fsp3) is 0.217. The molecule has 0 aliphatic carbocycles. The minimum absolute atomic E-state index is 0.0526. The van der Waals surface area contributed by atoms with E-state index < -0.39 is 11.9 Å². The zero-order chi connectivity index (χ0) is 21.0. The van der Waals surface area contributed by atoms with Gasteiger partial charge in [0.2, 0.25) is 0 Å². The van der Waals surface area contributed by atoms with E-state index in [4.69, 9.17) is 4.74 Å². The number of aryl methyl sites for hydroxylation is 1. The van der Waals surface area contributed by atoms with Crippen molar-refractivity contribution in [2.45, 2.75) is 26.8 Å². The van der Waals surface area contributed by atoms with Crippen molar-refractivity contribution in [2.24, 2.45) is 0 Å². The SMILES string of the molecule is C=CCc1cc(/C=C2/NC(=O)N(Cc3cccc(C)c3)C2=O)cc(OCC)c1O. The zero-order valence-electron chi connectivity index (χ0n) is 16.6. The van der Waals surface area contributed by atoms with Crippen LogP contribution in [0.5, 0.6) is 11.5 Å². The molecule has 6 heteroatoms. The van der Waals surface area contributed by atoms with Crippen LogP contribution in [0.3, 0.4) is 0 Å². The van der Waals surface area contributed by atoms with Crippen molar-refractivity contribution in [3.63, 3.8) is 0 Å². The number of ether oxygens (including phenoxy) is 1. The number of hydrogen-bond acceptors (Lipinski definition) is 4. The molecule has 6 nitrogen and oxygen atoms in total. The molecule has 2 aromatic rings. The van der Waals surface area contributed by atoms with E-state index in [0.29, 0.717) is 29.9 Å². The molecule has 1 aliphatic heterocycles. The van der Waals surface area contributed by atoms with Gasteiger partial charge in [0.05, 0.1) is 13.2 Å². The van der Waals surface area contributed by atoms with E-state index in [1.165, 1.54) is 4.90 Å². The Balaban J connectivity index is 1.89. The molecule has 1 saturated heterocycles. The van der Waals surface area contributed by atoms with Gasteiger partial charge in [-0.1, -0.05) is 35.9 Å². The summed E-state index contributed by atoms with van der Waals surface area (Å²) in [6, 6.07) is 10.6. The van der Waals surface area contributed by atoms with E-state index in [0.717, 1.165) is 11.1 Å². The van der Waals surface area contributed by atoms with Crippen LogP contribution in [0.4, 0.5) is 4.79 Å². The van der Waals surface area contributed by atoms with Crippen LogP contribution in [-0.2, 0) is 17.8 Å². The number of amides is 3. The molecule has 0 aromatic heterocycles. The number of allylic oxidation sites excluding steroid dienone is 1. The first-order valence-corrected chi connectivity index (χ1v) is 9.42. The highest BCUT2D eigenvalue weighted by Crippen LogP contribution is 2.33. The number of benzene rings is 2. The van der Waals surface area contributed by atoms with Gasteiger partial charge in [-0.15, -0.1) is 6.58 Å². The molecular formula is C23H24N2O4. The minimum Gasteiger partial charge on any atom is -0.504 e. The Labute approximate surface area is 170 Å². The van der Waals surface area contributed by atoms with Gasteiger partial charge < -0.3 is 15.2 Å². The largest absolute Gasteiger partial charge is 0.504 e. The zero-order valence-corrected chi connectivity index (χ0v) is 16.6. The van der Waals surface area contributed by atoms with Crippen LogP contribution < -0.4 is 10.1 Å². The number of nitrogens with one attached hydrogen (secondary N) is 1. The molecule has 0 radical (unpaired) electrons. The molecule has 3 amide bonds. The van der Waals surface area contributed by atoms with Crippen LogP contribution in [0.25, 0.3) is 6.08 Å². The third-order valence-corrected chi connectivity index (χ3v) is 4.54. The van der Waals surface area contributed by atoms with Crippen molar-refractivity contribution in [1.82, 2.24) is 10.2 Å². The molecule has 0 atom stereocenters. The number of phenolic OH excluding ortho intramolecular Hbond substituents is 1. The molecule has 1 aliphatic rings. The molecule has 1 fully saturated rings. The lowest BCUT2D eigenvalue weighted by molar-refractivity contribution is -0.123. The van der Waals surface area contributed by atoms with Gasteiger partial charge in [0.1, 0.15) is 5.70 Å². The molecule has 0 bridgehead atoms. The van der Waals surface area contributed by atoms with Gasteiger partial charge in [-0.25, -0.2) is 4.79 Å². The molecular weight excluding hydrogens is 368 g/mol. The number of imide groups is 1. The first kappa shape index (κ1) is 20.2. The summed E-state index contributed by atoms with van der Waals surface area (Å²) in [5.41, 5.74) is 3.40. The van der Waals surface area contributed by atoms with Gasteiger partial charge in [-0.3, -0.25) is 9.69 Å². The fourth-order valence-electron chi connectivity index (χ4n) is 3.22. The lowest BCUT2D eigenvalue weighted by Crippen LogP contribution is -2.30. The molecule has 150 valence electrons. The molecule has 0 saturated carbocycles. The summed E-state index contributed by atoms with van der Waals surface area (Å²) in [7, 11) is 0. The predicted octanol–water partition coefficient (Wildman–Crippen LogP) is 3.92. The number of carbonyl (C=O) groups is 2. The first-order chi connectivity index (χ1) is 13.9.